The zero-order valence-corrected chi connectivity index (χ0v) is 18.7. The van der Waals surface area contributed by atoms with Gasteiger partial charge in [-0.05, 0) is 6.92 Å². The van der Waals surface area contributed by atoms with Crippen LogP contribution in [0, 0.1) is 0 Å². The number of fused-ring (bicyclic) bond motifs is 1. The first-order chi connectivity index (χ1) is 11.9. The molecule has 2 aromatic carbocycles. The van der Waals surface area contributed by atoms with Gasteiger partial charge in [0, 0.05) is 0 Å². The first-order valence-electron chi connectivity index (χ1n) is 7.99. The quantitative estimate of drug-likeness (QED) is 0.332. The molecule has 0 unspecified atom stereocenters. The molecule has 0 aliphatic carbocycles. The van der Waals surface area contributed by atoms with Crippen molar-refractivity contribution in [3.05, 3.63) is 48.0 Å². The Hall–Kier alpha value is -1.31. The van der Waals surface area contributed by atoms with Gasteiger partial charge < -0.3 is 0 Å². The van der Waals surface area contributed by atoms with Crippen LogP contribution < -0.4 is 7.81 Å². The average molecular weight is 482 g/mol. The molecule has 130 valence electrons. The van der Waals surface area contributed by atoms with Crippen molar-refractivity contribution >= 4 is 59.5 Å². The fraction of sp³-hybridized carbons (Fsp3) is 0.222. The number of aromatic nitrogens is 1. The molecule has 3 aromatic rings. The summed E-state index contributed by atoms with van der Waals surface area (Å²) in [4.78, 5) is 13.1. The summed E-state index contributed by atoms with van der Waals surface area (Å²) in [6, 6.07) is 13.7. The van der Waals surface area contributed by atoms with Crippen molar-refractivity contribution < 1.29 is 7.81 Å². The minimum absolute atomic E-state index is 0.647. The van der Waals surface area contributed by atoms with Gasteiger partial charge in [0.1, 0.15) is 0 Å². The van der Waals surface area contributed by atoms with Crippen molar-refractivity contribution in [2.24, 2.45) is 4.99 Å². The van der Waals surface area contributed by atoms with Gasteiger partial charge in [-0.25, -0.2) is 0 Å². The van der Waals surface area contributed by atoms with Crippen molar-refractivity contribution in [1.29, 1.82) is 0 Å². The minimum atomic E-state index is -2.92. The van der Waals surface area contributed by atoms with Gasteiger partial charge in [0.05, 0.1) is 0 Å². The molecule has 0 spiro atoms. The maximum absolute atomic E-state index is 6.37. The summed E-state index contributed by atoms with van der Waals surface area (Å²) >= 11 is -1.39. The number of hydrogen-bond donors (Lipinski definition) is 0. The summed E-state index contributed by atoms with van der Waals surface area (Å²) in [5.41, 5.74) is 1.82. The average Bonchev–Trinajstić information content (AvgIpc) is 2.95. The van der Waals surface area contributed by atoms with Gasteiger partial charge in [-0.3, -0.25) is 0 Å². The van der Waals surface area contributed by atoms with Gasteiger partial charge in [0.2, 0.25) is 0 Å². The number of hydrogen-bond acceptors (Lipinski definition) is 5. The Morgan fingerprint density at radius 2 is 2.04 bits per heavy atom. The predicted molar refractivity (Wildman–Crippen MR) is 108 cm³/mol. The van der Waals surface area contributed by atoms with Crippen molar-refractivity contribution in [3.8, 4) is 11.5 Å². The maximum atomic E-state index is 6.37. The predicted octanol–water partition coefficient (Wildman–Crippen LogP) is 5.77. The second-order valence-corrected chi connectivity index (χ2v) is 21.3. The Morgan fingerprint density at radius 3 is 2.80 bits per heavy atom. The van der Waals surface area contributed by atoms with Crippen molar-refractivity contribution in [3.63, 3.8) is 0 Å². The normalized spacial score (nSPS) is 12.0. The number of aliphatic imine (C=N–C) groups is 1. The molecular formula is C18H19ClN2O2SSn. The summed E-state index contributed by atoms with van der Waals surface area (Å²) in [5.74, 6) is 1.63. The molecule has 0 fully saturated rings. The van der Waals surface area contributed by atoms with Crippen LogP contribution in [0.1, 0.15) is 12.5 Å². The Bertz CT molecular complexity index is 905. The van der Waals surface area contributed by atoms with Crippen LogP contribution in [0.5, 0.6) is 11.5 Å². The molecule has 0 radical (unpaired) electrons. The summed E-state index contributed by atoms with van der Waals surface area (Å²) in [6.07, 6.45) is 1.78. The van der Waals surface area contributed by atoms with Crippen LogP contribution in [0.25, 0.3) is 10.2 Å². The topological polar surface area (TPSA) is 43.7 Å². The molecule has 0 aliphatic rings. The van der Waals surface area contributed by atoms with E-state index in [0.717, 1.165) is 27.3 Å². The van der Waals surface area contributed by atoms with Crippen LogP contribution in [0.4, 0.5) is 5.13 Å². The Morgan fingerprint density at radius 1 is 1.24 bits per heavy atom. The van der Waals surface area contributed by atoms with E-state index in [9.17, 15) is 0 Å². The van der Waals surface area contributed by atoms with E-state index in [2.05, 4.69) is 9.98 Å². The summed E-state index contributed by atoms with van der Waals surface area (Å²) in [6.45, 7) is 2.62. The Balaban J connectivity index is 1.86. The molecule has 4 nitrogen and oxygen atoms in total. The molecule has 0 amide bonds. The summed E-state index contributed by atoms with van der Waals surface area (Å²) in [7, 11) is 6.37. The van der Waals surface area contributed by atoms with Crippen LogP contribution in [-0.4, -0.2) is 35.5 Å². The molecule has 3 rings (SSSR count). The fourth-order valence-corrected chi connectivity index (χ4v) is 5.69. The second kappa shape index (κ2) is 7.93. The zero-order valence-electron chi connectivity index (χ0n) is 14.3. The van der Waals surface area contributed by atoms with Crippen molar-refractivity contribution in [2.75, 3.05) is 6.61 Å². The number of thiazole rings is 1. The van der Waals surface area contributed by atoms with Gasteiger partial charge >= 0.3 is 153 Å². The van der Waals surface area contributed by atoms with Crippen molar-refractivity contribution in [2.45, 2.75) is 16.8 Å². The van der Waals surface area contributed by atoms with E-state index in [1.807, 2.05) is 59.3 Å². The number of rotatable bonds is 6. The number of benzene rings is 2. The van der Waals surface area contributed by atoms with Crippen LogP contribution >= 0.6 is 20.3 Å². The van der Waals surface area contributed by atoms with Gasteiger partial charge in [-0.2, -0.15) is 0 Å². The van der Waals surface area contributed by atoms with Crippen LogP contribution in [-0.2, 0) is 0 Å². The third-order valence-electron chi connectivity index (χ3n) is 3.25. The van der Waals surface area contributed by atoms with Crippen LogP contribution in [0.3, 0.4) is 0 Å². The van der Waals surface area contributed by atoms with E-state index < -0.39 is 17.7 Å². The molecule has 0 N–H and O–H groups in total. The van der Waals surface area contributed by atoms with E-state index in [-0.39, 0.29) is 0 Å². The molecule has 1 heterocycles. The number of para-hydroxylation sites is 1. The first-order valence-corrected chi connectivity index (χ1v) is 19.3. The van der Waals surface area contributed by atoms with E-state index in [1.54, 1.807) is 6.21 Å². The molecule has 0 atom stereocenters. The molecule has 0 bridgehead atoms. The van der Waals surface area contributed by atoms with Crippen LogP contribution in [0.2, 0.25) is 9.88 Å². The number of halogens is 1. The molecule has 0 saturated carbocycles. The Kier molecular flexibility index (Phi) is 5.86. The third kappa shape index (κ3) is 5.09. The van der Waals surface area contributed by atoms with Crippen LogP contribution in [0.15, 0.2) is 47.5 Å². The van der Waals surface area contributed by atoms with Crippen molar-refractivity contribution in [1.82, 2.24) is 4.98 Å². The van der Waals surface area contributed by atoms with Gasteiger partial charge in [-0.1, -0.05) is 0 Å². The van der Waals surface area contributed by atoms with E-state index in [0.29, 0.717) is 11.7 Å². The second-order valence-electron chi connectivity index (χ2n) is 5.82. The SMILES string of the molecule is CCOc1ccc2nc(N=Cc3ccccc3[O][Sn]([CH3])([CH3])[Cl])sc2c1. The molecular weight excluding hydrogens is 462 g/mol. The molecule has 1 aromatic heterocycles. The summed E-state index contributed by atoms with van der Waals surface area (Å²) in [5, 5.41) is 0.701. The van der Waals surface area contributed by atoms with E-state index in [4.69, 9.17) is 16.7 Å². The molecule has 0 saturated heterocycles. The zero-order chi connectivity index (χ0) is 17.9. The molecule has 25 heavy (non-hydrogen) atoms. The monoisotopic (exact) mass is 482 g/mol. The van der Waals surface area contributed by atoms with Gasteiger partial charge in [0.25, 0.3) is 0 Å². The van der Waals surface area contributed by atoms with E-state index in [1.165, 1.54) is 11.3 Å². The molecule has 7 heteroatoms. The van der Waals surface area contributed by atoms with E-state index >= 15 is 0 Å². The van der Waals surface area contributed by atoms with Gasteiger partial charge in [0.15, 0.2) is 0 Å². The number of nitrogens with zero attached hydrogens (tertiary/aromatic N) is 2. The standard InChI is InChI=1S/C16H14N2O2S.2CH3.ClH.Sn/c1-2-20-12-7-8-13-15(9-12)21-16(18-13)17-10-11-5-3-4-6-14(11)19;;;;/h3-10,19H,2H2,1H3;2*1H3;1H;/q;;;;+2/p-2. The Labute approximate surface area is 159 Å². The summed E-state index contributed by atoms with van der Waals surface area (Å²) < 4.78 is 12.6. The van der Waals surface area contributed by atoms with Gasteiger partial charge in [-0.15, -0.1) is 0 Å². The molecule has 0 aliphatic heterocycles. The first kappa shape index (κ1) is 18.5. The number of ether oxygens (including phenoxy) is 1. The third-order valence-corrected chi connectivity index (χ3v) is 6.70. The fourth-order valence-electron chi connectivity index (χ4n) is 2.27.